The van der Waals surface area contributed by atoms with Gasteiger partial charge in [-0.2, -0.15) is 0 Å². The molecule has 2 aromatic rings. The quantitative estimate of drug-likeness (QED) is 0.866. The number of methoxy groups -OCH3 is 1. The van der Waals surface area contributed by atoms with Crippen LogP contribution in [0.25, 0.3) is 10.9 Å². The van der Waals surface area contributed by atoms with E-state index in [-0.39, 0.29) is 11.5 Å². The number of aromatic amines is 1. The van der Waals surface area contributed by atoms with Crippen LogP contribution in [0.1, 0.15) is 43.1 Å². The molecule has 6 heteroatoms. The second-order valence-electron chi connectivity index (χ2n) is 7.88. The lowest BCUT2D eigenvalue weighted by atomic mass is 9.78. The molecule has 1 unspecified atom stereocenters. The summed E-state index contributed by atoms with van der Waals surface area (Å²) in [6.07, 6.45) is 2.86. The number of carbonyl (C=O) groups is 1. The van der Waals surface area contributed by atoms with Gasteiger partial charge in [-0.3, -0.25) is 4.79 Å². The number of H-pyrrole nitrogens is 1. The number of benzene rings is 1. The van der Waals surface area contributed by atoms with Gasteiger partial charge in [-0.15, -0.1) is 0 Å². The normalized spacial score (nSPS) is 25.6. The molecule has 0 radical (unpaired) electrons. The Hall–Kier alpha value is -2.05. The molecule has 2 saturated heterocycles. The molecule has 0 saturated carbocycles. The van der Waals surface area contributed by atoms with E-state index in [0.717, 1.165) is 29.5 Å². The molecule has 3 heterocycles. The molecule has 0 aliphatic carbocycles. The average Bonchev–Trinajstić information content (AvgIpc) is 3.04. The maximum Gasteiger partial charge on any atom is 0.270 e. The van der Waals surface area contributed by atoms with E-state index in [1.54, 1.807) is 7.11 Å². The number of likely N-dealkylation sites (tertiary alicyclic amines) is 1. The minimum Gasteiger partial charge on any atom is -0.497 e. The van der Waals surface area contributed by atoms with Crippen LogP contribution in [-0.4, -0.2) is 58.9 Å². The zero-order valence-electron chi connectivity index (χ0n) is 15.4. The fraction of sp³-hybridized carbons (Fsp3) is 0.550. The van der Waals surface area contributed by atoms with Crippen LogP contribution in [0.15, 0.2) is 24.3 Å². The SMILES string of the molecule is COc1ccc2cc(C(=O)N3CCC4(CC3)CC(C)(O)CCO4)[nH]c2c1. The Kier molecular flexibility index (Phi) is 4.20. The summed E-state index contributed by atoms with van der Waals surface area (Å²) in [4.78, 5) is 18.0. The van der Waals surface area contributed by atoms with Crippen molar-refractivity contribution in [2.45, 2.75) is 43.8 Å². The number of hydrogen-bond acceptors (Lipinski definition) is 4. The zero-order valence-corrected chi connectivity index (χ0v) is 15.4. The van der Waals surface area contributed by atoms with Gasteiger partial charge in [-0.05, 0) is 44.4 Å². The topological polar surface area (TPSA) is 74.8 Å². The molecule has 1 atom stereocenters. The lowest BCUT2D eigenvalue weighted by Gasteiger charge is -2.48. The standard InChI is InChI=1S/C20H26N2O4/c1-19(24)7-10-26-20(13-19)5-8-22(9-6-20)18(23)17-11-14-3-4-15(25-2)12-16(14)21-17/h3-4,11-12,21,24H,5-10,13H2,1-2H3. The van der Waals surface area contributed by atoms with E-state index in [0.29, 0.717) is 38.2 Å². The van der Waals surface area contributed by atoms with Crippen molar-refractivity contribution in [3.63, 3.8) is 0 Å². The van der Waals surface area contributed by atoms with E-state index in [1.165, 1.54) is 0 Å². The van der Waals surface area contributed by atoms with Crippen molar-refractivity contribution >= 4 is 16.8 Å². The Morgan fingerprint density at radius 2 is 2.04 bits per heavy atom. The van der Waals surface area contributed by atoms with Crippen molar-refractivity contribution in [1.82, 2.24) is 9.88 Å². The largest absolute Gasteiger partial charge is 0.497 e. The highest BCUT2D eigenvalue weighted by molar-refractivity contribution is 5.98. The van der Waals surface area contributed by atoms with Crippen LogP contribution in [0.2, 0.25) is 0 Å². The molecule has 2 fully saturated rings. The number of rotatable bonds is 2. The van der Waals surface area contributed by atoms with Crippen molar-refractivity contribution in [1.29, 1.82) is 0 Å². The van der Waals surface area contributed by atoms with Crippen molar-refractivity contribution in [3.8, 4) is 5.75 Å². The van der Waals surface area contributed by atoms with Crippen LogP contribution in [0.3, 0.4) is 0 Å². The van der Waals surface area contributed by atoms with Gasteiger partial charge >= 0.3 is 0 Å². The molecule has 2 N–H and O–H groups in total. The molecule has 1 aromatic carbocycles. The Labute approximate surface area is 153 Å². The van der Waals surface area contributed by atoms with E-state index in [2.05, 4.69) is 4.98 Å². The van der Waals surface area contributed by atoms with E-state index in [4.69, 9.17) is 9.47 Å². The smallest absolute Gasteiger partial charge is 0.270 e. The molecule has 6 nitrogen and oxygen atoms in total. The number of carbonyl (C=O) groups excluding carboxylic acids is 1. The number of nitrogens with one attached hydrogen (secondary N) is 1. The van der Waals surface area contributed by atoms with Gasteiger partial charge in [-0.25, -0.2) is 0 Å². The second kappa shape index (κ2) is 6.28. The molecular formula is C20H26N2O4. The summed E-state index contributed by atoms with van der Waals surface area (Å²) in [5.41, 5.74) is 0.543. The molecule has 140 valence electrons. The number of aliphatic hydroxyl groups is 1. The molecule has 1 spiro atoms. The number of piperidine rings is 1. The fourth-order valence-corrected chi connectivity index (χ4v) is 4.28. The van der Waals surface area contributed by atoms with Crippen LogP contribution in [0.4, 0.5) is 0 Å². The Bertz CT molecular complexity index is 818. The zero-order chi connectivity index (χ0) is 18.4. The fourth-order valence-electron chi connectivity index (χ4n) is 4.28. The molecule has 0 bridgehead atoms. The maximum absolute atomic E-state index is 12.9. The highest BCUT2D eigenvalue weighted by atomic mass is 16.5. The molecular weight excluding hydrogens is 332 g/mol. The van der Waals surface area contributed by atoms with E-state index in [1.807, 2.05) is 36.1 Å². The Morgan fingerprint density at radius 3 is 2.73 bits per heavy atom. The van der Waals surface area contributed by atoms with Crippen LogP contribution in [0.5, 0.6) is 5.75 Å². The van der Waals surface area contributed by atoms with Gasteiger partial charge in [0.15, 0.2) is 0 Å². The maximum atomic E-state index is 12.9. The molecule has 2 aliphatic rings. The van der Waals surface area contributed by atoms with Crippen molar-refractivity contribution in [2.75, 3.05) is 26.8 Å². The van der Waals surface area contributed by atoms with Crippen LogP contribution in [-0.2, 0) is 4.74 Å². The first-order valence-electron chi connectivity index (χ1n) is 9.22. The number of fused-ring (bicyclic) bond motifs is 1. The minimum absolute atomic E-state index is 0.0117. The monoisotopic (exact) mass is 358 g/mol. The lowest BCUT2D eigenvalue weighted by Crippen LogP contribution is -2.54. The second-order valence-corrected chi connectivity index (χ2v) is 7.88. The van der Waals surface area contributed by atoms with Gasteiger partial charge in [0.1, 0.15) is 11.4 Å². The van der Waals surface area contributed by atoms with E-state index in [9.17, 15) is 9.90 Å². The Morgan fingerprint density at radius 1 is 1.27 bits per heavy atom. The number of aromatic nitrogens is 1. The highest BCUT2D eigenvalue weighted by Crippen LogP contribution is 2.39. The molecule has 4 rings (SSSR count). The van der Waals surface area contributed by atoms with Gasteiger partial charge in [0.2, 0.25) is 0 Å². The van der Waals surface area contributed by atoms with Gasteiger partial charge in [0, 0.05) is 36.5 Å². The number of hydrogen-bond donors (Lipinski definition) is 2. The summed E-state index contributed by atoms with van der Waals surface area (Å²) in [5.74, 6) is 0.775. The van der Waals surface area contributed by atoms with Gasteiger partial charge in [-0.1, -0.05) is 0 Å². The van der Waals surface area contributed by atoms with Crippen LogP contribution >= 0.6 is 0 Å². The molecule has 1 amide bonds. The number of ether oxygens (including phenoxy) is 2. The van der Waals surface area contributed by atoms with Gasteiger partial charge < -0.3 is 24.5 Å². The molecule has 2 aliphatic heterocycles. The predicted molar refractivity (Wildman–Crippen MR) is 98.5 cm³/mol. The summed E-state index contributed by atoms with van der Waals surface area (Å²) < 4.78 is 11.3. The first-order valence-corrected chi connectivity index (χ1v) is 9.22. The third kappa shape index (κ3) is 3.19. The summed E-state index contributed by atoms with van der Waals surface area (Å²) in [5, 5.41) is 11.4. The number of nitrogens with zero attached hydrogens (tertiary/aromatic N) is 1. The minimum atomic E-state index is -0.666. The average molecular weight is 358 g/mol. The van der Waals surface area contributed by atoms with Crippen molar-refractivity contribution in [2.24, 2.45) is 0 Å². The van der Waals surface area contributed by atoms with Crippen LogP contribution < -0.4 is 4.74 Å². The summed E-state index contributed by atoms with van der Waals surface area (Å²) >= 11 is 0. The van der Waals surface area contributed by atoms with E-state index < -0.39 is 5.60 Å². The third-order valence-corrected chi connectivity index (χ3v) is 5.77. The first kappa shape index (κ1) is 17.4. The van der Waals surface area contributed by atoms with E-state index >= 15 is 0 Å². The third-order valence-electron chi connectivity index (χ3n) is 5.77. The number of amides is 1. The van der Waals surface area contributed by atoms with Crippen molar-refractivity contribution < 1.29 is 19.4 Å². The van der Waals surface area contributed by atoms with Crippen molar-refractivity contribution in [3.05, 3.63) is 30.0 Å². The lowest BCUT2D eigenvalue weighted by molar-refractivity contribution is -0.170. The molecule has 26 heavy (non-hydrogen) atoms. The summed E-state index contributed by atoms with van der Waals surface area (Å²) in [6, 6.07) is 7.63. The van der Waals surface area contributed by atoms with Gasteiger partial charge in [0.05, 0.1) is 24.9 Å². The van der Waals surface area contributed by atoms with Crippen LogP contribution in [0, 0.1) is 0 Å². The Balaban J connectivity index is 1.47. The summed E-state index contributed by atoms with van der Waals surface area (Å²) in [6.45, 7) is 3.76. The molecule has 1 aromatic heterocycles. The first-order chi connectivity index (χ1) is 12.4. The summed E-state index contributed by atoms with van der Waals surface area (Å²) in [7, 11) is 1.63. The predicted octanol–water partition coefficient (Wildman–Crippen LogP) is 2.71. The highest BCUT2D eigenvalue weighted by Gasteiger charge is 2.45. The van der Waals surface area contributed by atoms with Gasteiger partial charge in [0.25, 0.3) is 5.91 Å².